The van der Waals surface area contributed by atoms with E-state index in [0.717, 1.165) is 16.5 Å². The van der Waals surface area contributed by atoms with Crippen LogP contribution in [0.5, 0.6) is 0 Å². The first-order valence-electron chi connectivity index (χ1n) is 6.54. The second-order valence-corrected chi connectivity index (χ2v) is 5.44. The van der Waals surface area contributed by atoms with E-state index in [1.54, 1.807) is 19.4 Å². The monoisotopic (exact) mass is 272 g/mol. The lowest BCUT2D eigenvalue weighted by Crippen LogP contribution is -2.39. The number of hydrogen-bond donors (Lipinski definition) is 3. The maximum absolute atomic E-state index is 11.8. The summed E-state index contributed by atoms with van der Waals surface area (Å²) < 4.78 is 0. The fraction of sp³-hybridized carbons (Fsp3) is 0.333. The Balaban J connectivity index is 2.23. The normalized spacial score (nSPS) is 11.3. The van der Waals surface area contributed by atoms with Crippen LogP contribution in [-0.4, -0.2) is 24.5 Å². The molecule has 4 N–H and O–H groups in total. The zero-order chi connectivity index (χ0) is 14.8. The van der Waals surface area contributed by atoms with Gasteiger partial charge in [-0.05, 0) is 26.0 Å². The highest BCUT2D eigenvalue weighted by atomic mass is 16.2. The summed E-state index contributed by atoms with van der Waals surface area (Å²) in [6, 6.07) is 5.77. The van der Waals surface area contributed by atoms with Gasteiger partial charge in [0.25, 0.3) is 0 Å². The van der Waals surface area contributed by atoms with E-state index < -0.39 is 5.41 Å². The average molecular weight is 272 g/mol. The van der Waals surface area contributed by atoms with Crippen molar-refractivity contribution in [3.63, 3.8) is 0 Å². The Bertz CT molecular complexity index is 637. The van der Waals surface area contributed by atoms with Gasteiger partial charge in [-0.1, -0.05) is 6.07 Å². The predicted molar refractivity (Wildman–Crippen MR) is 82.5 cm³/mol. The van der Waals surface area contributed by atoms with E-state index in [1.165, 1.54) is 0 Å². The molecular formula is C15H20N4O. The van der Waals surface area contributed by atoms with Crippen LogP contribution in [0.25, 0.3) is 10.8 Å². The molecule has 20 heavy (non-hydrogen) atoms. The maximum Gasteiger partial charge on any atom is 0.227 e. The first-order valence-corrected chi connectivity index (χ1v) is 6.54. The predicted octanol–water partition coefficient (Wildman–Crippen LogP) is 2.00. The lowest BCUT2D eigenvalue weighted by Gasteiger charge is -2.24. The molecule has 0 atom stereocenters. The Hall–Kier alpha value is -2.30. The number of nitrogen functional groups attached to an aromatic ring is 1. The zero-order valence-corrected chi connectivity index (χ0v) is 12.0. The van der Waals surface area contributed by atoms with E-state index in [1.807, 2.05) is 32.0 Å². The lowest BCUT2D eigenvalue weighted by atomic mass is 9.92. The number of amides is 1. The Morgan fingerprint density at radius 2 is 2.10 bits per heavy atom. The summed E-state index contributed by atoms with van der Waals surface area (Å²) in [6.45, 7) is 4.29. The number of pyridine rings is 1. The fourth-order valence-corrected chi connectivity index (χ4v) is 2.08. The van der Waals surface area contributed by atoms with Crippen molar-refractivity contribution < 1.29 is 4.79 Å². The Morgan fingerprint density at radius 3 is 2.80 bits per heavy atom. The van der Waals surface area contributed by atoms with Crippen molar-refractivity contribution in [2.45, 2.75) is 13.8 Å². The number of carbonyl (C=O) groups is 1. The van der Waals surface area contributed by atoms with E-state index in [2.05, 4.69) is 15.6 Å². The van der Waals surface area contributed by atoms with Crippen molar-refractivity contribution in [3.05, 3.63) is 30.6 Å². The van der Waals surface area contributed by atoms with Gasteiger partial charge >= 0.3 is 0 Å². The number of nitrogens with zero attached hydrogens (tertiary/aromatic N) is 1. The van der Waals surface area contributed by atoms with Crippen molar-refractivity contribution in [1.29, 1.82) is 0 Å². The van der Waals surface area contributed by atoms with Gasteiger partial charge in [-0.2, -0.15) is 0 Å². The number of hydrogen-bond acceptors (Lipinski definition) is 4. The third-order valence-electron chi connectivity index (χ3n) is 3.42. The van der Waals surface area contributed by atoms with Crippen LogP contribution in [0.3, 0.4) is 0 Å². The smallest absolute Gasteiger partial charge is 0.227 e. The topological polar surface area (TPSA) is 80.0 Å². The van der Waals surface area contributed by atoms with Crippen molar-refractivity contribution in [2.75, 3.05) is 24.6 Å². The molecule has 1 amide bonds. The number of anilines is 2. The molecule has 0 radical (unpaired) electrons. The Labute approximate surface area is 118 Å². The molecule has 0 saturated heterocycles. The van der Waals surface area contributed by atoms with Crippen LogP contribution in [0.2, 0.25) is 0 Å². The molecular weight excluding hydrogens is 252 g/mol. The van der Waals surface area contributed by atoms with Crippen LogP contribution in [0.4, 0.5) is 11.4 Å². The Kier molecular flexibility index (Phi) is 3.79. The van der Waals surface area contributed by atoms with Crippen LogP contribution in [0.15, 0.2) is 30.6 Å². The molecule has 1 aromatic heterocycles. The highest BCUT2D eigenvalue weighted by Crippen LogP contribution is 2.29. The van der Waals surface area contributed by atoms with Gasteiger partial charge in [0.05, 0.1) is 16.8 Å². The summed E-state index contributed by atoms with van der Waals surface area (Å²) >= 11 is 0. The van der Waals surface area contributed by atoms with Crippen LogP contribution in [-0.2, 0) is 4.79 Å². The molecule has 1 heterocycles. The van der Waals surface area contributed by atoms with Crippen LogP contribution in [0.1, 0.15) is 13.8 Å². The number of nitrogens with two attached hydrogens (primary N) is 1. The number of nitrogens with one attached hydrogen (secondary N) is 2. The van der Waals surface area contributed by atoms with Gasteiger partial charge in [-0.25, -0.2) is 0 Å². The SMILES string of the molecule is CNC(=O)C(C)(C)CNc1ccc2cnccc2c1N. The third kappa shape index (κ3) is 2.66. The standard InChI is InChI=1S/C15H20N4O/c1-15(2,14(20)17-3)9-19-12-5-4-10-8-18-7-6-11(10)13(12)16/h4-8,19H,9,16H2,1-3H3,(H,17,20). The van der Waals surface area contributed by atoms with Crippen LogP contribution in [0, 0.1) is 5.41 Å². The molecule has 1 aromatic carbocycles. The molecule has 2 rings (SSSR count). The summed E-state index contributed by atoms with van der Waals surface area (Å²) in [5.41, 5.74) is 7.17. The van der Waals surface area contributed by atoms with Crippen LogP contribution >= 0.6 is 0 Å². The number of aromatic nitrogens is 1. The summed E-state index contributed by atoms with van der Waals surface area (Å²) in [5.74, 6) is -0.00596. The van der Waals surface area contributed by atoms with E-state index >= 15 is 0 Å². The number of carbonyl (C=O) groups excluding carboxylic acids is 1. The van der Waals surface area contributed by atoms with Gasteiger partial charge in [0, 0.05) is 36.8 Å². The molecule has 2 aromatic rings. The third-order valence-corrected chi connectivity index (χ3v) is 3.42. The molecule has 0 bridgehead atoms. The summed E-state index contributed by atoms with van der Waals surface area (Å²) in [6.07, 6.45) is 3.50. The van der Waals surface area contributed by atoms with E-state index in [-0.39, 0.29) is 5.91 Å². The van der Waals surface area contributed by atoms with Crippen molar-refractivity contribution in [2.24, 2.45) is 5.41 Å². The number of benzene rings is 1. The minimum Gasteiger partial charge on any atom is -0.397 e. The second-order valence-electron chi connectivity index (χ2n) is 5.44. The minimum atomic E-state index is -0.506. The molecule has 0 fully saturated rings. The fourth-order valence-electron chi connectivity index (χ4n) is 2.08. The largest absolute Gasteiger partial charge is 0.397 e. The van der Waals surface area contributed by atoms with Crippen molar-refractivity contribution in [3.8, 4) is 0 Å². The minimum absolute atomic E-state index is 0.00596. The van der Waals surface area contributed by atoms with Gasteiger partial charge in [-0.3, -0.25) is 9.78 Å². The summed E-state index contributed by atoms with van der Waals surface area (Å²) in [5, 5.41) is 7.88. The molecule has 0 aliphatic rings. The number of fused-ring (bicyclic) bond motifs is 1. The summed E-state index contributed by atoms with van der Waals surface area (Å²) in [7, 11) is 1.64. The first-order chi connectivity index (χ1) is 9.45. The molecule has 0 unspecified atom stereocenters. The van der Waals surface area contributed by atoms with Gasteiger partial charge < -0.3 is 16.4 Å². The maximum atomic E-state index is 11.8. The molecule has 0 saturated carbocycles. The molecule has 0 spiro atoms. The molecule has 5 heteroatoms. The lowest BCUT2D eigenvalue weighted by molar-refractivity contribution is -0.128. The zero-order valence-electron chi connectivity index (χ0n) is 12.0. The quantitative estimate of drug-likeness (QED) is 0.744. The van der Waals surface area contributed by atoms with Crippen molar-refractivity contribution >= 4 is 28.1 Å². The molecule has 5 nitrogen and oxygen atoms in total. The van der Waals surface area contributed by atoms with E-state index in [9.17, 15) is 4.79 Å². The van der Waals surface area contributed by atoms with E-state index in [0.29, 0.717) is 12.2 Å². The Morgan fingerprint density at radius 1 is 1.35 bits per heavy atom. The van der Waals surface area contributed by atoms with Gasteiger partial charge in [0.2, 0.25) is 5.91 Å². The summed E-state index contributed by atoms with van der Waals surface area (Å²) in [4.78, 5) is 15.8. The average Bonchev–Trinajstić information content (AvgIpc) is 2.46. The van der Waals surface area contributed by atoms with Gasteiger partial charge in [-0.15, -0.1) is 0 Å². The first kappa shape index (κ1) is 14.1. The molecule has 0 aliphatic heterocycles. The van der Waals surface area contributed by atoms with E-state index in [4.69, 9.17) is 5.73 Å². The van der Waals surface area contributed by atoms with Crippen LogP contribution < -0.4 is 16.4 Å². The second kappa shape index (κ2) is 5.36. The highest BCUT2D eigenvalue weighted by Gasteiger charge is 2.26. The highest BCUT2D eigenvalue weighted by molar-refractivity contribution is 5.98. The van der Waals surface area contributed by atoms with Gasteiger partial charge in [0.1, 0.15) is 0 Å². The van der Waals surface area contributed by atoms with Gasteiger partial charge in [0.15, 0.2) is 0 Å². The van der Waals surface area contributed by atoms with Crippen molar-refractivity contribution in [1.82, 2.24) is 10.3 Å². The number of rotatable bonds is 4. The molecule has 106 valence electrons. The molecule has 0 aliphatic carbocycles.